The number of nitrogens with zero attached hydrogens (tertiary/aromatic N) is 4. The van der Waals surface area contributed by atoms with E-state index < -0.39 is 5.60 Å². The molecule has 2 aliphatic heterocycles. The molecule has 0 aromatic rings. The Morgan fingerprint density at radius 3 is 2.44 bits per heavy atom. The monoisotopic (exact) mass is 569 g/mol. The number of carbonyl (C=O) groups is 1. The van der Waals surface area contributed by atoms with Gasteiger partial charge in [0.25, 0.3) is 0 Å². The van der Waals surface area contributed by atoms with Gasteiger partial charge in [0.2, 0.25) is 0 Å². The van der Waals surface area contributed by atoms with Crippen molar-refractivity contribution in [2.45, 2.75) is 39.2 Å². The zero-order valence-corrected chi connectivity index (χ0v) is 22.9. The third-order valence-electron chi connectivity index (χ3n) is 5.54. The van der Waals surface area contributed by atoms with Crippen molar-refractivity contribution >= 4 is 36.0 Å². The molecule has 2 heterocycles. The zero-order valence-electron chi connectivity index (χ0n) is 20.6. The second-order valence-electron chi connectivity index (χ2n) is 9.31. The van der Waals surface area contributed by atoms with E-state index in [9.17, 15) is 4.79 Å². The molecule has 0 aliphatic carbocycles. The molecule has 1 amide bonds. The third-order valence-corrected chi connectivity index (χ3v) is 5.54. The van der Waals surface area contributed by atoms with E-state index in [-0.39, 0.29) is 30.1 Å². The Morgan fingerprint density at radius 2 is 1.81 bits per heavy atom. The van der Waals surface area contributed by atoms with Crippen molar-refractivity contribution in [3.05, 3.63) is 0 Å². The van der Waals surface area contributed by atoms with Gasteiger partial charge in [-0.2, -0.15) is 0 Å². The van der Waals surface area contributed by atoms with Crippen molar-refractivity contribution in [2.24, 2.45) is 10.9 Å². The summed E-state index contributed by atoms with van der Waals surface area (Å²) in [6.07, 6.45) is 1.98. The number of amides is 1. The second kappa shape index (κ2) is 15.1. The maximum Gasteiger partial charge on any atom is 0.410 e. The molecular formula is C22H44IN5O4. The minimum atomic E-state index is -0.440. The van der Waals surface area contributed by atoms with Gasteiger partial charge in [-0.15, -0.1) is 24.0 Å². The van der Waals surface area contributed by atoms with Crippen LogP contribution in [0.25, 0.3) is 0 Å². The summed E-state index contributed by atoms with van der Waals surface area (Å²) in [5.74, 6) is 1.53. The summed E-state index contributed by atoms with van der Waals surface area (Å²) in [7, 11) is 3.54. The van der Waals surface area contributed by atoms with Crippen molar-refractivity contribution < 1.29 is 19.0 Å². The van der Waals surface area contributed by atoms with Gasteiger partial charge in [0, 0.05) is 65.9 Å². The average Bonchev–Trinajstić information content (AvgIpc) is 3.19. The van der Waals surface area contributed by atoms with E-state index in [0.717, 1.165) is 77.8 Å². The summed E-state index contributed by atoms with van der Waals surface area (Å²) < 4.78 is 16.2. The molecule has 0 saturated carbocycles. The topological polar surface area (TPSA) is 78.9 Å². The van der Waals surface area contributed by atoms with E-state index in [2.05, 4.69) is 20.1 Å². The summed E-state index contributed by atoms with van der Waals surface area (Å²) >= 11 is 0. The molecule has 2 rings (SSSR count). The van der Waals surface area contributed by atoms with Crippen LogP contribution in [0.2, 0.25) is 0 Å². The number of rotatable bonds is 9. The first-order valence-electron chi connectivity index (χ1n) is 11.5. The molecule has 0 spiro atoms. The molecule has 2 saturated heterocycles. The number of carbonyl (C=O) groups excluding carboxylic acids is 1. The Hall–Kier alpha value is -0.850. The number of guanidine groups is 1. The predicted octanol–water partition coefficient (Wildman–Crippen LogP) is 2.11. The lowest BCUT2D eigenvalue weighted by Crippen LogP contribution is -2.50. The van der Waals surface area contributed by atoms with E-state index >= 15 is 0 Å². The molecule has 1 N–H and O–H groups in total. The van der Waals surface area contributed by atoms with Gasteiger partial charge in [0.05, 0.1) is 19.8 Å². The lowest BCUT2D eigenvalue weighted by Gasteiger charge is -2.35. The molecule has 2 fully saturated rings. The Morgan fingerprint density at radius 1 is 1.09 bits per heavy atom. The molecular weight excluding hydrogens is 525 g/mol. The SMILES string of the molecule is CN=C(NCCCN1CCN(C(=O)OC(C)(C)C)CC1)N1CCC(COCCOC)C1.I. The van der Waals surface area contributed by atoms with Crippen molar-refractivity contribution in [3.8, 4) is 0 Å². The number of hydrogen-bond acceptors (Lipinski definition) is 6. The highest BCUT2D eigenvalue weighted by atomic mass is 127. The van der Waals surface area contributed by atoms with E-state index in [1.165, 1.54) is 0 Å². The molecule has 188 valence electrons. The lowest BCUT2D eigenvalue weighted by atomic mass is 10.1. The standard InChI is InChI=1S/C22H43N5O4.HI/c1-22(2,3)31-21(28)26-13-11-25(12-14-26)9-6-8-24-20(23-4)27-10-7-19(17-27)18-30-16-15-29-5;/h19H,6-18H2,1-5H3,(H,23,24);1H. The van der Waals surface area contributed by atoms with E-state index in [4.69, 9.17) is 14.2 Å². The van der Waals surface area contributed by atoms with Crippen LogP contribution < -0.4 is 5.32 Å². The largest absolute Gasteiger partial charge is 0.444 e. The smallest absolute Gasteiger partial charge is 0.410 e. The van der Waals surface area contributed by atoms with Gasteiger partial charge in [-0.25, -0.2) is 4.79 Å². The van der Waals surface area contributed by atoms with Crippen LogP contribution in [0.5, 0.6) is 0 Å². The number of piperazine rings is 1. The van der Waals surface area contributed by atoms with Gasteiger partial charge in [-0.05, 0) is 40.2 Å². The molecule has 0 aromatic carbocycles. The highest BCUT2D eigenvalue weighted by Crippen LogP contribution is 2.16. The molecule has 0 aromatic heterocycles. The van der Waals surface area contributed by atoms with Gasteiger partial charge >= 0.3 is 6.09 Å². The molecule has 10 heteroatoms. The first kappa shape index (κ1) is 29.2. The first-order valence-corrected chi connectivity index (χ1v) is 11.5. The van der Waals surface area contributed by atoms with Crippen LogP contribution in [-0.2, 0) is 14.2 Å². The van der Waals surface area contributed by atoms with Gasteiger partial charge in [0.15, 0.2) is 5.96 Å². The first-order chi connectivity index (χ1) is 14.8. The highest BCUT2D eigenvalue weighted by molar-refractivity contribution is 14.0. The number of aliphatic imine (C=N–C) groups is 1. The maximum absolute atomic E-state index is 12.2. The van der Waals surface area contributed by atoms with Gasteiger partial charge < -0.3 is 29.3 Å². The van der Waals surface area contributed by atoms with Crippen LogP contribution in [0, 0.1) is 5.92 Å². The molecule has 32 heavy (non-hydrogen) atoms. The third kappa shape index (κ3) is 10.8. The summed E-state index contributed by atoms with van der Waals surface area (Å²) in [5, 5.41) is 3.50. The Bertz CT molecular complexity index is 565. The number of hydrogen-bond donors (Lipinski definition) is 1. The summed E-state index contributed by atoms with van der Waals surface area (Å²) in [5.41, 5.74) is -0.440. The van der Waals surface area contributed by atoms with E-state index in [1.807, 2.05) is 32.7 Å². The quantitative estimate of drug-likeness (QED) is 0.197. The van der Waals surface area contributed by atoms with Gasteiger partial charge in [-0.1, -0.05) is 0 Å². The van der Waals surface area contributed by atoms with Crippen LogP contribution in [0.3, 0.4) is 0 Å². The number of nitrogens with one attached hydrogen (secondary N) is 1. The van der Waals surface area contributed by atoms with E-state index in [1.54, 1.807) is 7.11 Å². The van der Waals surface area contributed by atoms with Crippen LogP contribution in [0.1, 0.15) is 33.6 Å². The highest BCUT2D eigenvalue weighted by Gasteiger charge is 2.26. The van der Waals surface area contributed by atoms with E-state index in [0.29, 0.717) is 19.1 Å². The summed E-state index contributed by atoms with van der Waals surface area (Å²) in [6.45, 7) is 15.0. The normalized spacial score (nSPS) is 20.3. The molecule has 0 radical (unpaired) electrons. The van der Waals surface area contributed by atoms with Crippen molar-refractivity contribution in [1.82, 2.24) is 20.0 Å². The molecule has 9 nitrogen and oxygen atoms in total. The predicted molar refractivity (Wildman–Crippen MR) is 138 cm³/mol. The molecule has 2 aliphatic rings. The number of likely N-dealkylation sites (tertiary alicyclic amines) is 1. The molecule has 0 bridgehead atoms. The molecule has 1 unspecified atom stereocenters. The van der Waals surface area contributed by atoms with Crippen molar-refractivity contribution in [3.63, 3.8) is 0 Å². The van der Waals surface area contributed by atoms with Crippen LogP contribution in [0.15, 0.2) is 4.99 Å². The lowest BCUT2D eigenvalue weighted by molar-refractivity contribution is 0.0145. The second-order valence-corrected chi connectivity index (χ2v) is 9.31. The number of ether oxygens (including phenoxy) is 3. The van der Waals surface area contributed by atoms with Crippen molar-refractivity contribution in [2.75, 3.05) is 86.3 Å². The fourth-order valence-electron chi connectivity index (χ4n) is 3.87. The van der Waals surface area contributed by atoms with Crippen molar-refractivity contribution in [1.29, 1.82) is 0 Å². The Balaban J connectivity index is 0.00000512. The Labute approximate surface area is 211 Å². The fourth-order valence-corrected chi connectivity index (χ4v) is 3.87. The maximum atomic E-state index is 12.2. The number of methoxy groups -OCH3 is 1. The fraction of sp³-hybridized carbons (Fsp3) is 0.909. The summed E-state index contributed by atoms with van der Waals surface area (Å²) in [4.78, 5) is 23.2. The molecule has 1 atom stereocenters. The van der Waals surface area contributed by atoms with Crippen LogP contribution in [0.4, 0.5) is 4.79 Å². The van der Waals surface area contributed by atoms with Crippen LogP contribution >= 0.6 is 24.0 Å². The van der Waals surface area contributed by atoms with Crippen LogP contribution in [-0.4, -0.2) is 119 Å². The Kier molecular flexibility index (Phi) is 13.8. The summed E-state index contributed by atoms with van der Waals surface area (Å²) in [6, 6.07) is 0. The van der Waals surface area contributed by atoms with Gasteiger partial charge in [0.1, 0.15) is 5.60 Å². The number of halogens is 1. The minimum Gasteiger partial charge on any atom is -0.444 e. The zero-order chi connectivity index (χ0) is 22.7. The minimum absolute atomic E-state index is 0. The van der Waals surface area contributed by atoms with Gasteiger partial charge in [-0.3, -0.25) is 9.89 Å². The average molecular weight is 570 g/mol.